The van der Waals surface area contributed by atoms with Crippen LogP contribution in [0.2, 0.25) is 0 Å². The fourth-order valence-corrected chi connectivity index (χ4v) is 2.49. The van der Waals surface area contributed by atoms with Crippen LogP contribution >= 0.6 is 0 Å². The molecule has 1 atom stereocenters. The molecule has 0 amide bonds. The van der Waals surface area contributed by atoms with Crippen molar-refractivity contribution < 1.29 is 9.90 Å². The van der Waals surface area contributed by atoms with Crippen molar-refractivity contribution in [2.75, 3.05) is 6.54 Å². The number of pyridine rings is 1. The van der Waals surface area contributed by atoms with Crippen molar-refractivity contribution >= 4 is 5.97 Å². The standard InChI is InChI=1S/C13H18N2O2/c1-2-11-4-3-7-15(11)9-10-5-6-14-12(8-10)13(16)17/h5-6,8,11H,2-4,7,9H2,1H3,(H,16,17). The van der Waals surface area contributed by atoms with Crippen molar-refractivity contribution in [3.05, 3.63) is 29.6 Å². The number of carboxylic acid groups (broad SMARTS) is 1. The first-order valence-electron chi connectivity index (χ1n) is 6.13. The maximum absolute atomic E-state index is 10.8. The Labute approximate surface area is 101 Å². The number of aromatic carboxylic acids is 1. The normalized spacial score (nSPS) is 20.6. The third-order valence-electron chi connectivity index (χ3n) is 3.40. The van der Waals surface area contributed by atoms with Crippen LogP contribution in [0.5, 0.6) is 0 Å². The summed E-state index contributed by atoms with van der Waals surface area (Å²) in [6, 6.07) is 4.22. The van der Waals surface area contributed by atoms with Gasteiger partial charge in [0.2, 0.25) is 0 Å². The molecule has 1 saturated heterocycles. The Hall–Kier alpha value is -1.42. The second-order valence-electron chi connectivity index (χ2n) is 4.53. The van der Waals surface area contributed by atoms with Gasteiger partial charge in [0, 0.05) is 18.8 Å². The zero-order valence-electron chi connectivity index (χ0n) is 10.1. The molecule has 0 aromatic carbocycles. The summed E-state index contributed by atoms with van der Waals surface area (Å²) in [6.07, 6.45) is 5.25. The Morgan fingerprint density at radius 3 is 3.18 bits per heavy atom. The van der Waals surface area contributed by atoms with Gasteiger partial charge in [0.25, 0.3) is 0 Å². The first-order valence-corrected chi connectivity index (χ1v) is 6.13. The number of nitrogens with zero attached hydrogens (tertiary/aromatic N) is 2. The largest absolute Gasteiger partial charge is 0.477 e. The van der Waals surface area contributed by atoms with Gasteiger partial charge in [0.05, 0.1) is 0 Å². The van der Waals surface area contributed by atoms with E-state index in [-0.39, 0.29) is 5.69 Å². The quantitative estimate of drug-likeness (QED) is 0.867. The number of aromatic nitrogens is 1. The van der Waals surface area contributed by atoms with E-state index < -0.39 is 5.97 Å². The van der Waals surface area contributed by atoms with Crippen molar-refractivity contribution in [3.8, 4) is 0 Å². The summed E-state index contributed by atoms with van der Waals surface area (Å²) in [5, 5.41) is 8.89. The van der Waals surface area contributed by atoms with E-state index in [2.05, 4.69) is 16.8 Å². The smallest absolute Gasteiger partial charge is 0.354 e. The van der Waals surface area contributed by atoms with E-state index in [1.54, 1.807) is 12.3 Å². The van der Waals surface area contributed by atoms with Crippen molar-refractivity contribution in [3.63, 3.8) is 0 Å². The van der Waals surface area contributed by atoms with Gasteiger partial charge in [0.1, 0.15) is 5.69 Å². The number of hydrogen-bond acceptors (Lipinski definition) is 3. The highest BCUT2D eigenvalue weighted by molar-refractivity contribution is 5.85. The molecule has 1 unspecified atom stereocenters. The fourth-order valence-electron chi connectivity index (χ4n) is 2.49. The number of carbonyl (C=O) groups is 1. The molecular formula is C13H18N2O2. The molecule has 92 valence electrons. The van der Waals surface area contributed by atoms with E-state index in [9.17, 15) is 4.79 Å². The summed E-state index contributed by atoms with van der Waals surface area (Å²) < 4.78 is 0. The average molecular weight is 234 g/mol. The third-order valence-corrected chi connectivity index (χ3v) is 3.40. The predicted octanol–water partition coefficient (Wildman–Crippen LogP) is 2.15. The third kappa shape index (κ3) is 2.82. The van der Waals surface area contributed by atoms with Gasteiger partial charge in [-0.1, -0.05) is 6.92 Å². The van der Waals surface area contributed by atoms with Gasteiger partial charge in [-0.15, -0.1) is 0 Å². The molecule has 4 heteroatoms. The lowest BCUT2D eigenvalue weighted by Crippen LogP contribution is -2.28. The van der Waals surface area contributed by atoms with Crippen LogP contribution in [-0.2, 0) is 6.54 Å². The van der Waals surface area contributed by atoms with E-state index in [4.69, 9.17) is 5.11 Å². The van der Waals surface area contributed by atoms with Gasteiger partial charge in [-0.3, -0.25) is 4.90 Å². The topological polar surface area (TPSA) is 53.4 Å². The molecule has 0 spiro atoms. The Kier molecular flexibility index (Phi) is 3.74. The molecule has 1 aromatic rings. The molecule has 0 radical (unpaired) electrons. The molecule has 0 aliphatic carbocycles. The number of rotatable bonds is 4. The second-order valence-corrected chi connectivity index (χ2v) is 4.53. The monoisotopic (exact) mass is 234 g/mol. The maximum atomic E-state index is 10.8. The van der Waals surface area contributed by atoms with Crippen LogP contribution in [0.25, 0.3) is 0 Å². The van der Waals surface area contributed by atoms with Gasteiger partial charge < -0.3 is 5.11 Å². The lowest BCUT2D eigenvalue weighted by Gasteiger charge is -2.23. The minimum atomic E-state index is -0.958. The Morgan fingerprint density at radius 1 is 1.65 bits per heavy atom. The van der Waals surface area contributed by atoms with E-state index >= 15 is 0 Å². The first kappa shape index (κ1) is 12.0. The van der Waals surface area contributed by atoms with Crippen molar-refractivity contribution in [2.24, 2.45) is 0 Å². The molecule has 2 heterocycles. The lowest BCUT2D eigenvalue weighted by molar-refractivity contribution is 0.0690. The number of hydrogen-bond donors (Lipinski definition) is 1. The number of likely N-dealkylation sites (tertiary alicyclic amines) is 1. The minimum Gasteiger partial charge on any atom is -0.477 e. The van der Waals surface area contributed by atoms with E-state index in [0.29, 0.717) is 6.04 Å². The summed E-state index contributed by atoms with van der Waals surface area (Å²) in [6.45, 7) is 4.16. The summed E-state index contributed by atoms with van der Waals surface area (Å²) in [5.74, 6) is -0.958. The Morgan fingerprint density at radius 2 is 2.47 bits per heavy atom. The van der Waals surface area contributed by atoms with Crippen LogP contribution in [-0.4, -0.2) is 33.5 Å². The molecule has 17 heavy (non-hydrogen) atoms. The lowest BCUT2D eigenvalue weighted by atomic mass is 10.1. The Balaban J connectivity index is 2.07. The van der Waals surface area contributed by atoms with Crippen LogP contribution in [0.4, 0.5) is 0 Å². The molecule has 0 saturated carbocycles. The van der Waals surface area contributed by atoms with Crippen molar-refractivity contribution in [1.82, 2.24) is 9.88 Å². The highest BCUT2D eigenvalue weighted by atomic mass is 16.4. The molecule has 1 aliphatic rings. The SMILES string of the molecule is CCC1CCCN1Cc1ccnc(C(=O)O)c1. The average Bonchev–Trinajstić information content (AvgIpc) is 2.76. The molecule has 1 aliphatic heterocycles. The Bertz CT molecular complexity index is 406. The van der Waals surface area contributed by atoms with Gasteiger partial charge >= 0.3 is 5.97 Å². The predicted molar refractivity (Wildman–Crippen MR) is 64.9 cm³/mol. The van der Waals surface area contributed by atoms with Gasteiger partial charge in [-0.2, -0.15) is 0 Å². The summed E-state index contributed by atoms with van der Waals surface area (Å²) >= 11 is 0. The second kappa shape index (κ2) is 5.27. The van der Waals surface area contributed by atoms with Crippen LogP contribution in [0.15, 0.2) is 18.3 Å². The fraction of sp³-hybridized carbons (Fsp3) is 0.538. The van der Waals surface area contributed by atoms with Gasteiger partial charge in [0.15, 0.2) is 0 Å². The highest BCUT2D eigenvalue weighted by Crippen LogP contribution is 2.22. The molecule has 1 N–H and O–H groups in total. The van der Waals surface area contributed by atoms with Crippen molar-refractivity contribution in [2.45, 2.75) is 38.8 Å². The summed E-state index contributed by atoms with van der Waals surface area (Å²) in [5.41, 5.74) is 1.17. The van der Waals surface area contributed by atoms with E-state index in [0.717, 1.165) is 25.1 Å². The van der Waals surface area contributed by atoms with Gasteiger partial charge in [-0.25, -0.2) is 9.78 Å². The molecule has 0 bridgehead atoms. The highest BCUT2D eigenvalue weighted by Gasteiger charge is 2.22. The summed E-state index contributed by atoms with van der Waals surface area (Å²) in [4.78, 5) is 17.1. The molecular weight excluding hydrogens is 216 g/mol. The van der Waals surface area contributed by atoms with Crippen molar-refractivity contribution in [1.29, 1.82) is 0 Å². The number of carboxylic acids is 1. The van der Waals surface area contributed by atoms with Crippen LogP contribution in [0.3, 0.4) is 0 Å². The first-order chi connectivity index (χ1) is 8.20. The molecule has 2 rings (SSSR count). The van der Waals surface area contributed by atoms with E-state index in [1.807, 2.05) is 6.07 Å². The summed E-state index contributed by atoms with van der Waals surface area (Å²) in [7, 11) is 0. The van der Waals surface area contributed by atoms with Crippen LogP contribution in [0, 0.1) is 0 Å². The van der Waals surface area contributed by atoms with E-state index in [1.165, 1.54) is 12.8 Å². The van der Waals surface area contributed by atoms with Gasteiger partial charge in [-0.05, 0) is 43.5 Å². The zero-order chi connectivity index (χ0) is 12.3. The molecule has 1 aromatic heterocycles. The molecule has 4 nitrogen and oxygen atoms in total. The van der Waals surface area contributed by atoms with Crippen LogP contribution < -0.4 is 0 Å². The van der Waals surface area contributed by atoms with Crippen LogP contribution in [0.1, 0.15) is 42.2 Å². The zero-order valence-corrected chi connectivity index (χ0v) is 10.1. The maximum Gasteiger partial charge on any atom is 0.354 e. The molecule has 1 fully saturated rings. The minimum absolute atomic E-state index is 0.134.